The lowest BCUT2D eigenvalue weighted by Crippen LogP contribution is -2.09. The molecule has 1 radical (unpaired) electrons. The summed E-state index contributed by atoms with van der Waals surface area (Å²) < 4.78 is 0. The van der Waals surface area contributed by atoms with E-state index in [-0.39, 0.29) is 5.91 Å². The lowest BCUT2D eigenvalue weighted by molar-refractivity contribution is -0.121. The molecular formula is C9H18NO. The van der Waals surface area contributed by atoms with Crippen LogP contribution in [0.4, 0.5) is 0 Å². The summed E-state index contributed by atoms with van der Waals surface area (Å²) in [6.07, 6.45) is 6.63. The first-order valence-corrected chi connectivity index (χ1v) is 4.44. The Morgan fingerprint density at radius 3 is 2.36 bits per heavy atom. The zero-order chi connectivity index (χ0) is 8.53. The Bertz CT molecular complexity index is 102. The molecule has 0 aliphatic heterocycles. The zero-order valence-electron chi connectivity index (χ0n) is 7.60. The summed E-state index contributed by atoms with van der Waals surface area (Å²) in [6.45, 7) is 2.19. The van der Waals surface area contributed by atoms with E-state index in [0.717, 1.165) is 6.42 Å². The molecule has 0 fully saturated rings. The van der Waals surface area contributed by atoms with Crippen LogP contribution in [0.3, 0.4) is 0 Å². The van der Waals surface area contributed by atoms with Crippen molar-refractivity contribution in [1.82, 2.24) is 5.32 Å². The molecule has 0 atom stereocenters. The molecule has 0 unspecified atom stereocenters. The molecule has 11 heavy (non-hydrogen) atoms. The van der Waals surface area contributed by atoms with Crippen molar-refractivity contribution in [1.29, 1.82) is 0 Å². The summed E-state index contributed by atoms with van der Waals surface area (Å²) in [5.74, 6) is 0.0431. The fraction of sp³-hybridized carbons (Fsp3) is 0.889. The molecule has 2 heteroatoms. The molecular weight excluding hydrogens is 138 g/mol. The number of hydrogen-bond donors (Lipinski definition) is 0. The number of carbonyl (C=O) groups is 1. The van der Waals surface area contributed by atoms with Crippen molar-refractivity contribution in [3.63, 3.8) is 0 Å². The summed E-state index contributed by atoms with van der Waals surface area (Å²) in [7, 11) is 1.56. The minimum atomic E-state index is 0.0431. The van der Waals surface area contributed by atoms with Gasteiger partial charge in [0.2, 0.25) is 5.91 Å². The largest absolute Gasteiger partial charge is 0.273 e. The van der Waals surface area contributed by atoms with Crippen LogP contribution in [0.2, 0.25) is 0 Å². The average Bonchev–Trinajstić information content (AvgIpc) is 2.04. The molecule has 0 aromatic carbocycles. The standard InChI is InChI=1S/C9H18NO/c1-3-4-5-6-7-8-9(11)10-2/h3-8H2,1-2H3. The second-order valence-electron chi connectivity index (χ2n) is 2.78. The van der Waals surface area contributed by atoms with E-state index in [4.69, 9.17) is 0 Å². The highest BCUT2D eigenvalue weighted by Gasteiger charge is 1.97. The molecule has 0 saturated heterocycles. The molecule has 0 N–H and O–H groups in total. The molecule has 1 amide bonds. The van der Waals surface area contributed by atoms with Crippen molar-refractivity contribution in [2.45, 2.75) is 45.4 Å². The quantitative estimate of drug-likeness (QED) is 0.542. The predicted octanol–water partition coefficient (Wildman–Crippen LogP) is 2.11. The Morgan fingerprint density at radius 1 is 1.18 bits per heavy atom. The van der Waals surface area contributed by atoms with Gasteiger partial charge in [-0.1, -0.05) is 32.6 Å². The van der Waals surface area contributed by atoms with Gasteiger partial charge in [-0.15, -0.1) is 0 Å². The molecule has 0 spiro atoms. The van der Waals surface area contributed by atoms with Gasteiger partial charge >= 0.3 is 0 Å². The van der Waals surface area contributed by atoms with Gasteiger partial charge in [0.25, 0.3) is 0 Å². The Hall–Kier alpha value is -0.530. The van der Waals surface area contributed by atoms with Crippen molar-refractivity contribution in [2.75, 3.05) is 7.05 Å². The molecule has 0 rings (SSSR count). The highest BCUT2D eigenvalue weighted by Crippen LogP contribution is 2.04. The number of carbonyl (C=O) groups excluding carboxylic acids is 1. The third-order valence-corrected chi connectivity index (χ3v) is 1.74. The second-order valence-corrected chi connectivity index (χ2v) is 2.78. The first-order chi connectivity index (χ1) is 5.31. The van der Waals surface area contributed by atoms with E-state index < -0.39 is 0 Å². The van der Waals surface area contributed by atoms with Gasteiger partial charge in [-0.3, -0.25) is 10.1 Å². The molecule has 0 heterocycles. The van der Waals surface area contributed by atoms with E-state index in [1.807, 2.05) is 0 Å². The van der Waals surface area contributed by atoms with E-state index in [2.05, 4.69) is 12.2 Å². The number of hydrogen-bond acceptors (Lipinski definition) is 1. The van der Waals surface area contributed by atoms with Crippen LogP contribution in [0.15, 0.2) is 0 Å². The van der Waals surface area contributed by atoms with Crippen LogP contribution in [0.25, 0.3) is 0 Å². The first-order valence-electron chi connectivity index (χ1n) is 4.44. The maximum absolute atomic E-state index is 10.7. The lowest BCUT2D eigenvalue weighted by Gasteiger charge is -1.97. The third-order valence-electron chi connectivity index (χ3n) is 1.74. The predicted molar refractivity (Wildman–Crippen MR) is 46.4 cm³/mol. The van der Waals surface area contributed by atoms with Crippen LogP contribution in [0.5, 0.6) is 0 Å². The van der Waals surface area contributed by atoms with Crippen LogP contribution in [0.1, 0.15) is 45.4 Å². The minimum Gasteiger partial charge on any atom is -0.273 e. The monoisotopic (exact) mass is 156 g/mol. The van der Waals surface area contributed by atoms with Gasteiger partial charge in [0.15, 0.2) is 0 Å². The van der Waals surface area contributed by atoms with E-state index in [1.165, 1.54) is 25.7 Å². The summed E-state index contributed by atoms with van der Waals surface area (Å²) in [4.78, 5) is 10.7. The molecule has 0 aliphatic rings. The fourth-order valence-electron chi connectivity index (χ4n) is 0.992. The van der Waals surface area contributed by atoms with Gasteiger partial charge in [0, 0.05) is 13.5 Å². The molecule has 0 aromatic rings. The van der Waals surface area contributed by atoms with E-state index in [9.17, 15) is 4.79 Å². The molecule has 0 aromatic heterocycles. The van der Waals surface area contributed by atoms with Crippen molar-refractivity contribution < 1.29 is 4.79 Å². The van der Waals surface area contributed by atoms with Crippen molar-refractivity contribution >= 4 is 5.91 Å². The van der Waals surface area contributed by atoms with Crippen LogP contribution in [-0.2, 0) is 4.79 Å². The second kappa shape index (κ2) is 7.58. The average molecular weight is 156 g/mol. The van der Waals surface area contributed by atoms with Crippen molar-refractivity contribution in [2.24, 2.45) is 0 Å². The highest BCUT2D eigenvalue weighted by molar-refractivity contribution is 5.75. The van der Waals surface area contributed by atoms with Crippen LogP contribution >= 0.6 is 0 Å². The van der Waals surface area contributed by atoms with E-state index in [0.29, 0.717) is 6.42 Å². The Labute approximate surface area is 69.4 Å². The summed E-state index contributed by atoms with van der Waals surface area (Å²) >= 11 is 0. The van der Waals surface area contributed by atoms with Gasteiger partial charge in [0.05, 0.1) is 0 Å². The Kier molecular flexibility index (Phi) is 7.21. The molecule has 65 valence electrons. The SMILES string of the molecule is CCCCCCCC(=O)[N]C. The van der Waals surface area contributed by atoms with Crippen LogP contribution in [0, 0.1) is 0 Å². The van der Waals surface area contributed by atoms with Crippen LogP contribution < -0.4 is 5.32 Å². The molecule has 0 bridgehead atoms. The number of rotatable bonds is 6. The summed E-state index contributed by atoms with van der Waals surface area (Å²) in [5, 5.41) is 3.57. The normalized spacial score (nSPS) is 9.64. The highest BCUT2D eigenvalue weighted by atomic mass is 16.1. The first kappa shape index (κ1) is 10.5. The maximum atomic E-state index is 10.7. The van der Waals surface area contributed by atoms with E-state index >= 15 is 0 Å². The van der Waals surface area contributed by atoms with Gasteiger partial charge in [-0.25, -0.2) is 0 Å². The number of unbranched alkanes of at least 4 members (excludes halogenated alkanes) is 4. The Balaban J connectivity index is 2.95. The number of amides is 1. The smallest absolute Gasteiger partial charge is 0.240 e. The van der Waals surface area contributed by atoms with Crippen molar-refractivity contribution in [3.05, 3.63) is 0 Å². The third kappa shape index (κ3) is 7.37. The molecule has 2 nitrogen and oxygen atoms in total. The summed E-state index contributed by atoms with van der Waals surface area (Å²) in [5.41, 5.74) is 0. The molecule has 0 aliphatic carbocycles. The molecule has 0 saturated carbocycles. The zero-order valence-corrected chi connectivity index (χ0v) is 7.60. The fourth-order valence-corrected chi connectivity index (χ4v) is 0.992. The maximum Gasteiger partial charge on any atom is 0.240 e. The van der Waals surface area contributed by atoms with Gasteiger partial charge in [-0.05, 0) is 6.42 Å². The van der Waals surface area contributed by atoms with Gasteiger partial charge in [0.1, 0.15) is 0 Å². The summed E-state index contributed by atoms with van der Waals surface area (Å²) in [6, 6.07) is 0. The topological polar surface area (TPSA) is 31.2 Å². The van der Waals surface area contributed by atoms with Gasteiger partial charge in [-0.2, -0.15) is 0 Å². The number of nitrogens with zero attached hydrogens (tertiary/aromatic N) is 1. The van der Waals surface area contributed by atoms with Crippen LogP contribution in [-0.4, -0.2) is 13.0 Å². The van der Waals surface area contributed by atoms with Crippen molar-refractivity contribution in [3.8, 4) is 0 Å². The lowest BCUT2D eigenvalue weighted by atomic mass is 10.1. The van der Waals surface area contributed by atoms with E-state index in [1.54, 1.807) is 7.05 Å². The Morgan fingerprint density at radius 2 is 1.82 bits per heavy atom. The van der Waals surface area contributed by atoms with Gasteiger partial charge < -0.3 is 0 Å². The minimum absolute atomic E-state index is 0.0431.